The molecule has 0 fully saturated rings. The molecule has 5 nitrogen and oxygen atoms in total. The lowest BCUT2D eigenvalue weighted by Gasteiger charge is -2.12. The lowest BCUT2D eigenvalue weighted by atomic mass is 10.1. The van der Waals surface area contributed by atoms with Gasteiger partial charge in [0.25, 0.3) is 17.2 Å². The number of aromatic nitrogens is 1. The van der Waals surface area contributed by atoms with Crippen LogP contribution in [0.5, 0.6) is 0 Å². The third kappa shape index (κ3) is 2.20. The highest BCUT2D eigenvalue weighted by atomic mass is 35.5. The summed E-state index contributed by atoms with van der Waals surface area (Å²) in [6.07, 6.45) is 2.73. The van der Waals surface area contributed by atoms with Gasteiger partial charge in [-0.15, -0.1) is 0 Å². The van der Waals surface area contributed by atoms with E-state index in [1.165, 1.54) is 4.90 Å². The van der Waals surface area contributed by atoms with Crippen LogP contribution in [0.1, 0.15) is 32.9 Å². The third-order valence-corrected chi connectivity index (χ3v) is 3.38. The largest absolute Gasteiger partial charge is 0.433 e. The van der Waals surface area contributed by atoms with E-state index in [1.807, 2.05) is 0 Å². The molecule has 0 unspecified atom stereocenters. The average molecular weight is 291 g/mol. The summed E-state index contributed by atoms with van der Waals surface area (Å²) in [6.45, 7) is 0.352. The van der Waals surface area contributed by atoms with Crippen molar-refractivity contribution in [1.82, 2.24) is 9.88 Å². The summed E-state index contributed by atoms with van der Waals surface area (Å²) in [5, 5.41) is 0.0979. The fourth-order valence-electron chi connectivity index (χ4n) is 2.25. The molecule has 20 heavy (non-hydrogen) atoms. The zero-order valence-corrected chi connectivity index (χ0v) is 11.3. The van der Waals surface area contributed by atoms with Crippen molar-refractivity contribution in [3.8, 4) is 0 Å². The van der Waals surface area contributed by atoms with Gasteiger partial charge < -0.3 is 4.42 Å². The van der Waals surface area contributed by atoms with Crippen molar-refractivity contribution >= 4 is 23.4 Å². The summed E-state index contributed by atoms with van der Waals surface area (Å²) in [6, 6.07) is 6.85. The average Bonchev–Trinajstić information content (AvgIpc) is 2.97. The monoisotopic (exact) mass is 290 g/mol. The molecule has 6 heteroatoms. The number of hydrogen-bond donors (Lipinski definition) is 0. The van der Waals surface area contributed by atoms with Crippen molar-refractivity contribution < 1.29 is 14.0 Å². The summed E-state index contributed by atoms with van der Waals surface area (Å²) in [7, 11) is 0. The van der Waals surface area contributed by atoms with Gasteiger partial charge in [-0.2, -0.15) is 0 Å². The molecule has 0 N–H and O–H groups in total. The number of halogens is 1. The van der Waals surface area contributed by atoms with Gasteiger partial charge in [0.15, 0.2) is 0 Å². The van der Waals surface area contributed by atoms with Gasteiger partial charge in [-0.05, 0) is 30.2 Å². The van der Waals surface area contributed by atoms with E-state index in [0.717, 1.165) is 0 Å². The second-order valence-corrected chi connectivity index (χ2v) is 4.81. The third-order valence-electron chi connectivity index (χ3n) is 3.21. The fourth-order valence-corrected chi connectivity index (χ4v) is 2.40. The van der Waals surface area contributed by atoms with E-state index >= 15 is 0 Å². The number of fused-ring (bicyclic) bond motifs is 1. The van der Waals surface area contributed by atoms with Gasteiger partial charge in [-0.1, -0.05) is 12.1 Å². The topological polar surface area (TPSA) is 63.4 Å². The van der Waals surface area contributed by atoms with E-state index in [9.17, 15) is 9.59 Å². The van der Waals surface area contributed by atoms with E-state index < -0.39 is 0 Å². The number of imide groups is 1. The first-order chi connectivity index (χ1) is 9.66. The van der Waals surface area contributed by atoms with Crippen LogP contribution in [-0.4, -0.2) is 28.2 Å². The molecule has 0 saturated heterocycles. The van der Waals surface area contributed by atoms with Crippen molar-refractivity contribution in [3.63, 3.8) is 0 Å². The maximum Gasteiger partial charge on any atom is 0.292 e. The molecule has 0 atom stereocenters. The van der Waals surface area contributed by atoms with Crippen LogP contribution in [0.15, 0.2) is 34.9 Å². The Morgan fingerprint density at radius 3 is 2.35 bits per heavy atom. The number of amides is 2. The Bertz CT molecular complexity index is 646. The minimum absolute atomic E-state index is 0.0979. The molecule has 1 aromatic carbocycles. The van der Waals surface area contributed by atoms with E-state index in [1.54, 1.807) is 30.5 Å². The predicted molar refractivity (Wildman–Crippen MR) is 71.6 cm³/mol. The molecule has 0 radical (unpaired) electrons. The second kappa shape index (κ2) is 5.09. The predicted octanol–water partition coefficient (Wildman–Crippen LogP) is 2.56. The van der Waals surface area contributed by atoms with Gasteiger partial charge in [0.1, 0.15) is 5.76 Å². The fraction of sp³-hybridized carbons (Fsp3) is 0.214. The zero-order chi connectivity index (χ0) is 14.1. The van der Waals surface area contributed by atoms with Crippen LogP contribution in [-0.2, 0) is 6.42 Å². The Kier molecular flexibility index (Phi) is 3.28. The van der Waals surface area contributed by atoms with Crippen LogP contribution < -0.4 is 0 Å². The van der Waals surface area contributed by atoms with Gasteiger partial charge >= 0.3 is 0 Å². The van der Waals surface area contributed by atoms with Crippen molar-refractivity contribution in [1.29, 1.82) is 0 Å². The molecule has 1 aromatic heterocycles. The highest BCUT2D eigenvalue weighted by Gasteiger charge is 2.34. The van der Waals surface area contributed by atoms with Crippen molar-refractivity contribution in [2.45, 2.75) is 12.8 Å². The molecule has 0 spiro atoms. The second-order valence-electron chi connectivity index (χ2n) is 4.49. The van der Waals surface area contributed by atoms with Gasteiger partial charge in [-0.25, -0.2) is 4.98 Å². The van der Waals surface area contributed by atoms with E-state index in [0.29, 0.717) is 36.3 Å². The summed E-state index contributed by atoms with van der Waals surface area (Å²) < 4.78 is 5.13. The van der Waals surface area contributed by atoms with Crippen molar-refractivity contribution in [2.75, 3.05) is 6.54 Å². The first-order valence-electron chi connectivity index (χ1n) is 6.22. The maximum atomic E-state index is 12.1. The molecular weight excluding hydrogens is 280 g/mol. The van der Waals surface area contributed by atoms with Crippen LogP contribution in [0.4, 0.5) is 0 Å². The molecule has 0 bridgehead atoms. The van der Waals surface area contributed by atoms with E-state index in [4.69, 9.17) is 16.0 Å². The summed E-state index contributed by atoms with van der Waals surface area (Å²) in [4.78, 5) is 29.3. The minimum atomic E-state index is -0.235. The number of oxazole rings is 1. The Morgan fingerprint density at radius 2 is 1.80 bits per heavy atom. The lowest BCUT2D eigenvalue weighted by molar-refractivity contribution is 0.0652. The molecule has 2 heterocycles. The molecule has 102 valence electrons. The van der Waals surface area contributed by atoms with E-state index in [2.05, 4.69) is 4.98 Å². The maximum absolute atomic E-state index is 12.1. The Balaban J connectivity index is 1.65. The highest BCUT2D eigenvalue weighted by Crippen LogP contribution is 2.22. The number of nitrogens with zero attached hydrogens (tertiary/aromatic N) is 2. The smallest absolute Gasteiger partial charge is 0.292 e. The van der Waals surface area contributed by atoms with Gasteiger partial charge in [0.2, 0.25) is 0 Å². The number of benzene rings is 1. The molecule has 2 amide bonds. The van der Waals surface area contributed by atoms with Gasteiger partial charge in [-0.3, -0.25) is 14.5 Å². The van der Waals surface area contributed by atoms with Crippen molar-refractivity contribution in [3.05, 3.63) is 52.7 Å². The van der Waals surface area contributed by atoms with Crippen LogP contribution >= 0.6 is 11.6 Å². The van der Waals surface area contributed by atoms with Crippen LogP contribution in [0, 0.1) is 0 Å². The molecule has 3 rings (SSSR count). The summed E-state index contributed by atoms with van der Waals surface area (Å²) >= 11 is 5.58. The van der Waals surface area contributed by atoms with Gasteiger partial charge in [0.05, 0.1) is 17.3 Å². The standard InChI is InChI=1S/C14H11ClN2O3/c15-14-16-8-9(20-14)4-3-7-17-12(18)10-5-1-2-6-11(10)13(17)19/h1-2,5-6,8H,3-4,7H2. The summed E-state index contributed by atoms with van der Waals surface area (Å²) in [5.41, 5.74) is 0.945. The van der Waals surface area contributed by atoms with Crippen LogP contribution in [0.2, 0.25) is 5.35 Å². The van der Waals surface area contributed by atoms with Crippen LogP contribution in [0.25, 0.3) is 0 Å². The molecule has 0 saturated carbocycles. The number of hydrogen-bond acceptors (Lipinski definition) is 4. The van der Waals surface area contributed by atoms with E-state index in [-0.39, 0.29) is 17.2 Å². The van der Waals surface area contributed by atoms with Gasteiger partial charge in [0, 0.05) is 13.0 Å². The molecule has 1 aliphatic heterocycles. The Morgan fingerprint density at radius 1 is 1.15 bits per heavy atom. The zero-order valence-electron chi connectivity index (χ0n) is 10.5. The molecule has 2 aromatic rings. The Hall–Kier alpha value is -2.14. The van der Waals surface area contributed by atoms with Crippen LogP contribution in [0.3, 0.4) is 0 Å². The number of aryl methyl sites for hydroxylation is 1. The Labute approximate surface area is 120 Å². The summed E-state index contributed by atoms with van der Waals surface area (Å²) in [5.74, 6) is 0.175. The first kappa shape index (κ1) is 12.9. The number of carbonyl (C=O) groups excluding carboxylic acids is 2. The lowest BCUT2D eigenvalue weighted by Crippen LogP contribution is -2.30. The normalized spacial score (nSPS) is 13.9. The first-order valence-corrected chi connectivity index (χ1v) is 6.60. The number of rotatable bonds is 4. The molecular formula is C14H11ClN2O3. The quantitative estimate of drug-likeness (QED) is 0.812. The number of carbonyl (C=O) groups is 2. The molecule has 0 aliphatic carbocycles. The highest BCUT2D eigenvalue weighted by molar-refractivity contribution is 6.27. The minimum Gasteiger partial charge on any atom is -0.433 e. The SMILES string of the molecule is O=C1c2ccccc2C(=O)N1CCCc1cnc(Cl)o1. The van der Waals surface area contributed by atoms with Crippen molar-refractivity contribution in [2.24, 2.45) is 0 Å². The molecule has 1 aliphatic rings.